The van der Waals surface area contributed by atoms with Crippen LogP contribution in [0.2, 0.25) is 0 Å². The molecule has 0 aromatic heterocycles. The summed E-state index contributed by atoms with van der Waals surface area (Å²) in [5.74, 6) is 1.04. The largest absolute Gasteiger partial charge is 0.361 e. The SMILES string of the molecule is C.C1CN=C(NC2CCCC2)NC1.ClC1=NCCCN1.NC1CCCC1.[B]B([B])[B]. The number of amidine groups is 1. The molecule has 0 amide bonds. The Morgan fingerprint density at radius 3 is 1.70 bits per heavy atom. The van der Waals surface area contributed by atoms with E-state index < -0.39 is 6.39 Å². The van der Waals surface area contributed by atoms with E-state index in [1.807, 2.05) is 0 Å². The van der Waals surface area contributed by atoms with Gasteiger partial charge in [0.1, 0.15) is 0 Å². The number of hydrogen-bond donors (Lipinski definition) is 4. The van der Waals surface area contributed by atoms with E-state index >= 15 is 0 Å². The van der Waals surface area contributed by atoms with Crippen molar-refractivity contribution in [3.05, 3.63) is 0 Å². The van der Waals surface area contributed by atoms with Crippen molar-refractivity contribution in [1.82, 2.24) is 16.0 Å². The number of halogens is 1. The highest BCUT2D eigenvalue weighted by Crippen LogP contribution is 2.17. The smallest absolute Gasteiger partial charge is 0.191 e. The number of hydrogen-bond acceptors (Lipinski definition) is 6. The molecule has 2 fully saturated rings. The lowest BCUT2D eigenvalue weighted by Crippen LogP contribution is -2.44. The van der Waals surface area contributed by atoms with Gasteiger partial charge in [0.05, 0.1) is 0 Å². The summed E-state index contributed by atoms with van der Waals surface area (Å²) < 4.78 is 0. The van der Waals surface area contributed by atoms with Gasteiger partial charge in [-0.3, -0.25) is 9.98 Å². The highest BCUT2D eigenvalue weighted by atomic mass is 35.5. The van der Waals surface area contributed by atoms with E-state index in [4.69, 9.17) is 17.3 Å². The molecule has 5 N–H and O–H groups in total. The Morgan fingerprint density at radius 1 is 0.867 bits per heavy atom. The molecule has 0 atom stereocenters. The molecule has 6 radical (unpaired) electrons. The van der Waals surface area contributed by atoms with Crippen molar-refractivity contribution in [1.29, 1.82) is 0 Å². The third-order valence-corrected chi connectivity index (χ3v) is 5.10. The van der Waals surface area contributed by atoms with Gasteiger partial charge in [0.15, 0.2) is 11.3 Å². The van der Waals surface area contributed by atoms with Crippen LogP contribution in [0, 0.1) is 0 Å². The fraction of sp³-hybridized carbons (Fsp3) is 0.895. The highest BCUT2D eigenvalue weighted by Gasteiger charge is 2.16. The van der Waals surface area contributed by atoms with Crippen molar-refractivity contribution in [3.63, 3.8) is 0 Å². The maximum atomic E-state index is 5.53. The fourth-order valence-electron chi connectivity index (χ4n) is 3.35. The Bertz CT molecular complexity index is 467. The average Bonchev–Trinajstić information content (AvgIpc) is 3.38. The maximum absolute atomic E-state index is 5.53. The van der Waals surface area contributed by atoms with E-state index in [2.05, 4.69) is 49.1 Å². The van der Waals surface area contributed by atoms with Crippen LogP contribution in [0.4, 0.5) is 0 Å². The van der Waals surface area contributed by atoms with Crippen molar-refractivity contribution in [2.24, 2.45) is 15.7 Å². The second-order valence-corrected chi connectivity index (χ2v) is 8.07. The topological polar surface area (TPSA) is 86.8 Å². The minimum absolute atomic E-state index is 0. The van der Waals surface area contributed by atoms with Gasteiger partial charge in [-0.1, -0.05) is 33.1 Å². The summed E-state index contributed by atoms with van der Waals surface area (Å²) in [6, 6.07) is 1.24. The van der Waals surface area contributed by atoms with Crippen molar-refractivity contribution in [2.45, 2.75) is 83.7 Å². The molecule has 164 valence electrons. The number of nitrogens with one attached hydrogen (secondary N) is 3. The first kappa shape index (κ1) is 29.2. The standard InChI is InChI=1S/C9H17N3.C5H11N.C4H7ClN2.CH4.B4/c1-2-5-8(4-1)12-9-10-6-3-7-11-9;6-5-3-1-2-4-5;5-4-6-2-1-3-7-4;;1-4(2)3/h8H,1-7H2,(H2,10,11,12);5H,1-4,6H2;1-3H2,(H,6,7);1H4;. The van der Waals surface area contributed by atoms with Crippen molar-refractivity contribution in [3.8, 4) is 0 Å². The molecule has 0 bridgehead atoms. The molecule has 6 nitrogen and oxygen atoms in total. The lowest BCUT2D eigenvalue weighted by Gasteiger charge is -2.19. The zero-order valence-corrected chi connectivity index (χ0v) is 18.5. The van der Waals surface area contributed by atoms with Crippen molar-refractivity contribution >= 4 is 52.5 Å². The van der Waals surface area contributed by atoms with Crippen LogP contribution in [0.15, 0.2) is 9.98 Å². The fourth-order valence-corrected chi connectivity index (χ4v) is 3.53. The van der Waals surface area contributed by atoms with E-state index in [1.165, 1.54) is 57.8 Å². The van der Waals surface area contributed by atoms with Gasteiger partial charge < -0.3 is 21.7 Å². The van der Waals surface area contributed by atoms with Gasteiger partial charge in [-0.15, -0.1) is 0 Å². The van der Waals surface area contributed by atoms with Gasteiger partial charge in [-0.05, 0) is 50.1 Å². The molecule has 0 aromatic rings. The van der Waals surface area contributed by atoms with Crippen LogP contribution in [0.25, 0.3) is 0 Å². The highest BCUT2D eigenvalue weighted by molar-refractivity contribution is 7.49. The lowest BCUT2D eigenvalue weighted by molar-refractivity contribution is 0.598. The molecule has 2 saturated carbocycles. The van der Waals surface area contributed by atoms with Gasteiger partial charge >= 0.3 is 0 Å². The van der Waals surface area contributed by atoms with Crippen LogP contribution in [0.1, 0.15) is 71.6 Å². The van der Waals surface area contributed by atoms with Crippen LogP contribution in [0.3, 0.4) is 0 Å². The molecular formula is C19H39B4ClN6. The molecule has 0 spiro atoms. The first-order chi connectivity index (χ1) is 14.0. The van der Waals surface area contributed by atoms with Gasteiger partial charge in [0.25, 0.3) is 0 Å². The first-order valence-electron chi connectivity index (χ1n) is 11.0. The van der Waals surface area contributed by atoms with Gasteiger partial charge in [0.2, 0.25) is 0 Å². The zero-order valence-electron chi connectivity index (χ0n) is 17.7. The van der Waals surface area contributed by atoms with Crippen LogP contribution >= 0.6 is 11.6 Å². The van der Waals surface area contributed by atoms with E-state index in [0.717, 1.165) is 38.6 Å². The van der Waals surface area contributed by atoms with Crippen LogP contribution in [0.5, 0.6) is 0 Å². The predicted molar refractivity (Wildman–Crippen MR) is 137 cm³/mol. The monoisotopic (exact) mass is 430 g/mol. The quantitative estimate of drug-likeness (QED) is 0.375. The van der Waals surface area contributed by atoms with E-state index in [1.54, 1.807) is 0 Å². The Morgan fingerprint density at radius 2 is 1.37 bits per heavy atom. The summed E-state index contributed by atoms with van der Waals surface area (Å²) in [5, 5.41) is 10.2. The molecule has 0 aromatic carbocycles. The Labute approximate surface area is 194 Å². The molecule has 11 heteroatoms. The third-order valence-electron chi connectivity index (χ3n) is 4.85. The molecule has 2 aliphatic carbocycles. The molecular weight excluding hydrogens is 391 g/mol. The molecule has 4 rings (SSSR count). The van der Waals surface area contributed by atoms with E-state index in [0.29, 0.717) is 17.4 Å². The van der Waals surface area contributed by atoms with Crippen LogP contribution in [-0.4, -0.2) is 79.1 Å². The Balaban J connectivity index is 0.000000404. The third kappa shape index (κ3) is 17.0. The minimum atomic E-state index is -0.667. The summed E-state index contributed by atoms with van der Waals surface area (Å²) >= 11 is 5.46. The summed E-state index contributed by atoms with van der Waals surface area (Å²) in [6.07, 6.45) is 12.3. The number of nitrogens with zero attached hydrogens (tertiary/aromatic N) is 2. The van der Waals surface area contributed by atoms with Gasteiger partial charge in [-0.2, -0.15) is 0 Å². The second kappa shape index (κ2) is 19.0. The first-order valence-corrected chi connectivity index (χ1v) is 11.4. The number of aliphatic imine (C=N–C) groups is 2. The van der Waals surface area contributed by atoms with Crippen molar-refractivity contribution in [2.75, 3.05) is 26.2 Å². The summed E-state index contributed by atoms with van der Waals surface area (Å²) in [6.45, 7) is 3.93. The average molecular weight is 430 g/mol. The number of guanidine groups is 1. The summed E-state index contributed by atoms with van der Waals surface area (Å²) in [7, 11) is 14.0. The van der Waals surface area contributed by atoms with Gasteiger partial charge in [0, 0.05) is 67.9 Å². The number of rotatable bonds is 1. The second-order valence-electron chi connectivity index (χ2n) is 7.71. The maximum Gasteiger partial charge on any atom is 0.191 e. The molecule has 0 saturated heterocycles. The molecule has 4 aliphatic rings. The summed E-state index contributed by atoms with van der Waals surface area (Å²) in [4.78, 5) is 8.29. The Hall–Kier alpha value is -0.750. The van der Waals surface area contributed by atoms with E-state index in [9.17, 15) is 0 Å². The van der Waals surface area contributed by atoms with E-state index in [-0.39, 0.29) is 7.43 Å². The van der Waals surface area contributed by atoms with Gasteiger partial charge in [-0.25, -0.2) is 0 Å². The molecule has 30 heavy (non-hydrogen) atoms. The number of nitrogens with two attached hydrogens (primary N) is 1. The Kier molecular flexibility index (Phi) is 18.5. The lowest BCUT2D eigenvalue weighted by atomic mass is 9.08. The molecule has 2 aliphatic heterocycles. The van der Waals surface area contributed by atoms with Crippen molar-refractivity contribution < 1.29 is 0 Å². The molecule has 2 heterocycles. The summed E-state index contributed by atoms with van der Waals surface area (Å²) in [5.41, 5.74) is 5.53. The minimum Gasteiger partial charge on any atom is -0.361 e. The zero-order chi connectivity index (χ0) is 21.3. The normalized spacial score (nSPS) is 20.6. The molecule has 0 unspecified atom stereocenters. The predicted octanol–water partition coefficient (Wildman–Crippen LogP) is 1.44. The van der Waals surface area contributed by atoms with Crippen LogP contribution in [-0.2, 0) is 0 Å². The van der Waals surface area contributed by atoms with Crippen LogP contribution < -0.4 is 21.7 Å².